The average Bonchev–Trinajstić information content (AvgIpc) is 2.67. The fourth-order valence-electron chi connectivity index (χ4n) is 4.18. The smallest absolute Gasteiger partial charge is 0.234 e. The van der Waals surface area contributed by atoms with E-state index in [1.807, 2.05) is 26.0 Å². The molecule has 0 spiro atoms. The number of piperidine rings is 1. The van der Waals surface area contributed by atoms with Crippen molar-refractivity contribution in [2.45, 2.75) is 32.7 Å². The Morgan fingerprint density at radius 1 is 1.19 bits per heavy atom. The van der Waals surface area contributed by atoms with Crippen molar-refractivity contribution in [1.29, 1.82) is 0 Å². The summed E-state index contributed by atoms with van der Waals surface area (Å²) in [5, 5.41) is 0. The van der Waals surface area contributed by atoms with Crippen molar-refractivity contribution in [3.63, 3.8) is 0 Å². The van der Waals surface area contributed by atoms with Crippen molar-refractivity contribution in [2.24, 2.45) is 5.92 Å². The van der Waals surface area contributed by atoms with Crippen LogP contribution in [0, 0.1) is 5.92 Å². The summed E-state index contributed by atoms with van der Waals surface area (Å²) in [6.45, 7) is 6.54. The van der Waals surface area contributed by atoms with Crippen molar-refractivity contribution in [2.75, 3.05) is 40.4 Å². The molecule has 1 fully saturated rings. The van der Waals surface area contributed by atoms with Gasteiger partial charge in [-0.15, -0.1) is 0 Å². The van der Waals surface area contributed by atoms with Crippen molar-refractivity contribution >= 4 is 11.7 Å². The molecule has 0 radical (unpaired) electrons. The topological polar surface area (TPSA) is 59.1 Å². The lowest BCUT2D eigenvalue weighted by Gasteiger charge is -2.43. The number of benzene rings is 1. The number of ketones is 1. The Hall–Kier alpha value is -2.08. The van der Waals surface area contributed by atoms with E-state index >= 15 is 0 Å². The highest BCUT2D eigenvalue weighted by atomic mass is 16.5. The highest BCUT2D eigenvalue weighted by Gasteiger charge is 2.42. The van der Waals surface area contributed by atoms with Crippen LogP contribution in [0.1, 0.15) is 37.4 Å². The molecule has 142 valence electrons. The van der Waals surface area contributed by atoms with Gasteiger partial charge in [0.25, 0.3) is 0 Å². The Morgan fingerprint density at radius 3 is 2.46 bits per heavy atom. The van der Waals surface area contributed by atoms with Crippen molar-refractivity contribution in [3.05, 3.63) is 23.3 Å². The number of nitrogens with zero attached hydrogens (tertiary/aromatic N) is 2. The second kappa shape index (κ2) is 7.66. The highest BCUT2D eigenvalue weighted by molar-refractivity contribution is 6.02. The normalized spacial score (nSPS) is 22.4. The van der Waals surface area contributed by atoms with E-state index in [1.54, 1.807) is 19.1 Å². The van der Waals surface area contributed by atoms with E-state index in [-0.39, 0.29) is 17.7 Å². The van der Waals surface area contributed by atoms with Crippen molar-refractivity contribution < 1.29 is 19.1 Å². The molecule has 1 aromatic carbocycles. The fourth-order valence-corrected chi connectivity index (χ4v) is 4.18. The first-order chi connectivity index (χ1) is 12.5. The Kier molecular flexibility index (Phi) is 5.51. The van der Waals surface area contributed by atoms with Gasteiger partial charge in [-0.2, -0.15) is 0 Å². The third kappa shape index (κ3) is 3.18. The molecule has 0 aromatic heterocycles. The predicted molar refractivity (Wildman–Crippen MR) is 98.6 cm³/mol. The molecule has 6 heteroatoms. The second-order valence-electron chi connectivity index (χ2n) is 6.90. The molecule has 1 saturated heterocycles. The van der Waals surface area contributed by atoms with Gasteiger partial charge in [0.2, 0.25) is 5.91 Å². The number of methoxy groups -OCH3 is 2. The van der Waals surface area contributed by atoms with Crippen LogP contribution in [-0.4, -0.2) is 61.9 Å². The summed E-state index contributed by atoms with van der Waals surface area (Å²) < 4.78 is 10.8. The van der Waals surface area contributed by atoms with E-state index in [9.17, 15) is 9.59 Å². The zero-order valence-electron chi connectivity index (χ0n) is 16.1. The molecule has 0 aliphatic carbocycles. The van der Waals surface area contributed by atoms with Gasteiger partial charge in [0, 0.05) is 38.6 Å². The number of hydrogen-bond donors (Lipinski definition) is 0. The fraction of sp³-hybridized carbons (Fsp3) is 0.600. The molecule has 2 heterocycles. The molecule has 1 aromatic rings. The number of carbonyl (C=O) groups excluding carboxylic acids is 2. The van der Waals surface area contributed by atoms with Crippen LogP contribution in [0.2, 0.25) is 0 Å². The summed E-state index contributed by atoms with van der Waals surface area (Å²) in [5.74, 6) is 0.883. The monoisotopic (exact) mass is 360 g/mol. The zero-order valence-corrected chi connectivity index (χ0v) is 16.1. The maximum Gasteiger partial charge on any atom is 0.234 e. The molecular weight excluding hydrogens is 332 g/mol. The third-order valence-electron chi connectivity index (χ3n) is 5.69. The van der Waals surface area contributed by atoms with Crippen LogP contribution in [0.25, 0.3) is 0 Å². The minimum Gasteiger partial charge on any atom is -0.493 e. The summed E-state index contributed by atoms with van der Waals surface area (Å²) >= 11 is 0. The SMILES string of the molecule is CCN(CC)C(=O)[C@H]1CN2CCc3cc(OC)c(OC)cc3[C@H]2CC1=O. The van der Waals surface area contributed by atoms with E-state index in [0.717, 1.165) is 24.3 Å². The van der Waals surface area contributed by atoms with Crippen LogP contribution < -0.4 is 9.47 Å². The number of fused-ring (bicyclic) bond motifs is 3. The standard InChI is InChI=1S/C20H28N2O4/c1-5-21(6-2)20(24)15-12-22-8-7-13-9-18(25-3)19(26-4)10-14(13)16(22)11-17(15)23/h9-10,15-16H,5-8,11-12H2,1-4H3/t15-,16+/m0/s1. The molecule has 0 saturated carbocycles. The van der Waals surface area contributed by atoms with Gasteiger partial charge in [-0.25, -0.2) is 0 Å². The van der Waals surface area contributed by atoms with E-state index in [4.69, 9.17) is 9.47 Å². The molecule has 26 heavy (non-hydrogen) atoms. The number of rotatable bonds is 5. The summed E-state index contributed by atoms with van der Waals surface area (Å²) in [7, 11) is 3.25. The van der Waals surface area contributed by atoms with Gasteiger partial charge in [0.15, 0.2) is 11.5 Å². The second-order valence-corrected chi connectivity index (χ2v) is 6.90. The number of amides is 1. The Balaban J connectivity index is 1.87. The van der Waals surface area contributed by atoms with Crippen LogP contribution in [0.3, 0.4) is 0 Å². The number of Topliss-reactive ketones (excluding diaryl/α,β-unsaturated/α-hetero) is 1. The predicted octanol–water partition coefficient (Wildman–Crippen LogP) is 2.06. The third-order valence-corrected chi connectivity index (χ3v) is 5.69. The van der Waals surface area contributed by atoms with E-state index in [0.29, 0.717) is 31.8 Å². The van der Waals surface area contributed by atoms with Gasteiger partial charge < -0.3 is 14.4 Å². The average molecular weight is 360 g/mol. The highest BCUT2D eigenvalue weighted by Crippen LogP contribution is 2.42. The van der Waals surface area contributed by atoms with Crippen LogP contribution in [-0.2, 0) is 16.0 Å². The van der Waals surface area contributed by atoms with Gasteiger partial charge in [0.1, 0.15) is 11.7 Å². The molecule has 2 aliphatic rings. The van der Waals surface area contributed by atoms with Gasteiger partial charge >= 0.3 is 0 Å². The van der Waals surface area contributed by atoms with Crippen molar-refractivity contribution in [1.82, 2.24) is 9.80 Å². The molecule has 3 rings (SSSR count). The molecule has 6 nitrogen and oxygen atoms in total. The van der Waals surface area contributed by atoms with Crippen molar-refractivity contribution in [3.8, 4) is 11.5 Å². The van der Waals surface area contributed by atoms with Gasteiger partial charge in [-0.1, -0.05) is 0 Å². The Labute approximate surface area is 155 Å². The number of carbonyl (C=O) groups is 2. The molecule has 0 unspecified atom stereocenters. The molecule has 0 N–H and O–H groups in total. The van der Waals surface area contributed by atoms with Crippen LogP contribution >= 0.6 is 0 Å². The number of ether oxygens (including phenoxy) is 2. The summed E-state index contributed by atoms with van der Waals surface area (Å²) in [4.78, 5) is 29.5. The maximum absolute atomic E-state index is 12.8. The minimum atomic E-state index is -0.534. The van der Waals surface area contributed by atoms with E-state index in [2.05, 4.69) is 4.90 Å². The summed E-state index contributed by atoms with van der Waals surface area (Å²) in [5.41, 5.74) is 2.32. The molecule has 2 atom stereocenters. The van der Waals surface area contributed by atoms with E-state index < -0.39 is 5.92 Å². The Morgan fingerprint density at radius 2 is 1.85 bits per heavy atom. The molecular formula is C20H28N2O4. The maximum atomic E-state index is 12.8. The first kappa shape index (κ1) is 18.7. The van der Waals surface area contributed by atoms with Gasteiger partial charge in [-0.3, -0.25) is 14.5 Å². The van der Waals surface area contributed by atoms with Crippen LogP contribution in [0.5, 0.6) is 11.5 Å². The molecule has 2 aliphatic heterocycles. The molecule has 0 bridgehead atoms. The van der Waals surface area contributed by atoms with Gasteiger partial charge in [0.05, 0.1) is 14.2 Å². The van der Waals surface area contributed by atoms with Crippen LogP contribution in [0.4, 0.5) is 0 Å². The van der Waals surface area contributed by atoms with Crippen LogP contribution in [0.15, 0.2) is 12.1 Å². The first-order valence-corrected chi connectivity index (χ1v) is 9.34. The summed E-state index contributed by atoms with van der Waals surface area (Å²) in [6, 6.07) is 4.03. The minimum absolute atomic E-state index is 0.0202. The number of hydrogen-bond acceptors (Lipinski definition) is 5. The zero-order chi connectivity index (χ0) is 18.8. The van der Waals surface area contributed by atoms with Gasteiger partial charge in [-0.05, 0) is 43.5 Å². The largest absolute Gasteiger partial charge is 0.493 e. The lowest BCUT2D eigenvalue weighted by atomic mass is 9.82. The lowest BCUT2D eigenvalue weighted by molar-refractivity contribution is -0.145. The molecule has 1 amide bonds. The summed E-state index contributed by atoms with van der Waals surface area (Å²) in [6.07, 6.45) is 1.26. The Bertz CT molecular complexity index is 699. The quantitative estimate of drug-likeness (QED) is 0.753. The lowest BCUT2D eigenvalue weighted by Crippen LogP contribution is -2.51. The first-order valence-electron chi connectivity index (χ1n) is 9.34. The van der Waals surface area contributed by atoms with E-state index in [1.165, 1.54) is 5.56 Å².